The molecule has 3 amide bonds. The maximum absolute atomic E-state index is 12.5. The average molecular weight is 470 g/mol. The number of carbonyl (C=O) groups is 3. The Kier molecular flexibility index (Phi) is 10.4. The van der Waals surface area contributed by atoms with Crippen molar-refractivity contribution in [3.8, 4) is 0 Å². The zero-order valence-corrected chi connectivity index (χ0v) is 20.3. The first-order valence-corrected chi connectivity index (χ1v) is 11.4. The van der Waals surface area contributed by atoms with Crippen LogP contribution in [0.1, 0.15) is 38.8 Å². The molecule has 0 aliphatic carbocycles. The monoisotopic (exact) mass is 469 g/mol. The Bertz CT molecular complexity index is 913. The van der Waals surface area contributed by atoms with Crippen molar-refractivity contribution in [1.82, 2.24) is 16.0 Å². The largest absolute Gasteiger partial charge is 0.445 e. The van der Waals surface area contributed by atoms with Gasteiger partial charge in [-0.2, -0.15) is 0 Å². The molecular formula is C26H35N3O5. The lowest BCUT2D eigenvalue weighted by Crippen LogP contribution is -2.48. The molecule has 0 heterocycles. The molecule has 0 aliphatic rings. The van der Waals surface area contributed by atoms with E-state index < -0.39 is 23.8 Å². The second-order valence-corrected chi connectivity index (χ2v) is 9.11. The standard InChI is InChI=1S/C26H35N3O5/c1-19(29-25(32)34-26(2,3)4)23(30)27-16-22(15-20-11-7-5-8-12-20)17-28-24(31)33-18-21-13-9-6-10-14-21/h5-14,19,22H,15-18H2,1-4H3,(H,27,30)(H,28,31)(H,29,32)/t19-,22+/m1/s1. The highest BCUT2D eigenvalue weighted by atomic mass is 16.6. The number of hydrogen-bond donors (Lipinski definition) is 3. The lowest BCUT2D eigenvalue weighted by molar-refractivity contribution is -0.123. The first kappa shape index (κ1) is 26.7. The van der Waals surface area contributed by atoms with Gasteiger partial charge in [-0.25, -0.2) is 9.59 Å². The fourth-order valence-electron chi connectivity index (χ4n) is 3.11. The summed E-state index contributed by atoms with van der Waals surface area (Å²) in [5.41, 5.74) is 1.33. The van der Waals surface area contributed by atoms with E-state index in [1.54, 1.807) is 27.7 Å². The highest BCUT2D eigenvalue weighted by Crippen LogP contribution is 2.09. The lowest BCUT2D eigenvalue weighted by Gasteiger charge is -2.23. The van der Waals surface area contributed by atoms with Gasteiger partial charge in [0.15, 0.2) is 0 Å². The molecule has 8 heteroatoms. The molecule has 0 unspecified atom stereocenters. The molecule has 184 valence electrons. The summed E-state index contributed by atoms with van der Waals surface area (Å²) in [7, 11) is 0. The van der Waals surface area contributed by atoms with Gasteiger partial charge in [-0.05, 0) is 51.2 Å². The van der Waals surface area contributed by atoms with Crippen molar-refractivity contribution < 1.29 is 23.9 Å². The fourth-order valence-corrected chi connectivity index (χ4v) is 3.11. The van der Waals surface area contributed by atoms with Gasteiger partial charge in [-0.15, -0.1) is 0 Å². The third-order valence-corrected chi connectivity index (χ3v) is 4.81. The Hall–Kier alpha value is -3.55. The first-order valence-electron chi connectivity index (χ1n) is 11.4. The molecule has 0 aliphatic heterocycles. The van der Waals surface area contributed by atoms with E-state index in [1.807, 2.05) is 60.7 Å². The number of rotatable bonds is 10. The molecule has 8 nitrogen and oxygen atoms in total. The summed E-state index contributed by atoms with van der Waals surface area (Å²) in [6.07, 6.45) is -0.527. The molecule has 0 aromatic heterocycles. The van der Waals surface area contributed by atoms with Crippen LogP contribution in [-0.2, 0) is 27.3 Å². The molecule has 34 heavy (non-hydrogen) atoms. The van der Waals surface area contributed by atoms with Gasteiger partial charge in [0.1, 0.15) is 18.2 Å². The van der Waals surface area contributed by atoms with Crippen molar-refractivity contribution in [1.29, 1.82) is 0 Å². The summed E-state index contributed by atoms with van der Waals surface area (Å²) in [6, 6.07) is 18.5. The molecule has 2 atom stereocenters. The molecule has 2 rings (SSSR count). The smallest absolute Gasteiger partial charge is 0.408 e. The molecule has 2 aromatic rings. The van der Waals surface area contributed by atoms with Crippen molar-refractivity contribution in [2.75, 3.05) is 13.1 Å². The summed E-state index contributed by atoms with van der Waals surface area (Å²) in [6.45, 7) is 7.66. The summed E-state index contributed by atoms with van der Waals surface area (Å²) in [5.74, 6) is -0.417. The normalized spacial score (nSPS) is 12.7. The number of benzene rings is 2. The van der Waals surface area contributed by atoms with Crippen molar-refractivity contribution in [2.45, 2.75) is 52.4 Å². The summed E-state index contributed by atoms with van der Waals surface area (Å²) < 4.78 is 10.5. The molecule has 0 saturated heterocycles. The Morgan fingerprint density at radius 2 is 1.38 bits per heavy atom. The number of ether oxygens (including phenoxy) is 2. The van der Waals surface area contributed by atoms with Crippen LogP contribution < -0.4 is 16.0 Å². The Balaban J connectivity index is 1.86. The van der Waals surface area contributed by atoms with Crippen LogP contribution in [0.3, 0.4) is 0 Å². The van der Waals surface area contributed by atoms with Crippen LogP contribution in [-0.4, -0.2) is 42.8 Å². The maximum Gasteiger partial charge on any atom is 0.408 e. The van der Waals surface area contributed by atoms with E-state index in [4.69, 9.17) is 9.47 Å². The highest BCUT2D eigenvalue weighted by molar-refractivity contribution is 5.85. The van der Waals surface area contributed by atoms with E-state index in [0.717, 1.165) is 11.1 Å². The number of nitrogens with one attached hydrogen (secondary N) is 3. The second kappa shape index (κ2) is 13.2. The number of carbonyl (C=O) groups excluding carboxylic acids is 3. The van der Waals surface area contributed by atoms with Crippen molar-refractivity contribution >= 4 is 18.1 Å². The topological polar surface area (TPSA) is 106 Å². The van der Waals surface area contributed by atoms with Crippen LogP contribution in [0.25, 0.3) is 0 Å². The van der Waals surface area contributed by atoms with Crippen LogP contribution in [0.15, 0.2) is 60.7 Å². The predicted octanol–water partition coefficient (Wildman–Crippen LogP) is 3.80. The summed E-state index contributed by atoms with van der Waals surface area (Å²) in [5, 5.41) is 8.16. The van der Waals surface area contributed by atoms with E-state index in [-0.39, 0.29) is 18.4 Å². The van der Waals surface area contributed by atoms with Crippen molar-refractivity contribution in [2.24, 2.45) is 5.92 Å². The minimum absolute atomic E-state index is 0.0793. The minimum atomic E-state index is -0.768. The number of hydrogen-bond acceptors (Lipinski definition) is 5. The summed E-state index contributed by atoms with van der Waals surface area (Å²) >= 11 is 0. The van der Waals surface area contributed by atoms with Crippen LogP contribution in [0.2, 0.25) is 0 Å². The molecule has 0 radical (unpaired) electrons. The van der Waals surface area contributed by atoms with E-state index in [1.165, 1.54) is 0 Å². The van der Waals surface area contributed by atoms with Gasteiger partial charge in [0, 0.05) is 13.1 Å². The van der Waals surface area contributed by atoms with E-state index in [9.17, 15) is 14.4 Å². The zero-order chi connectivity index (χ0) is 25.0. The van der Waals surface area contributed by atoms with Gasteiger partial charge in [0.25, 0.3) is 0 Å². The molecule has 0 spiro atoms. The average Bonchev–Trinajstić information content (AvgIpc) is 2.79. The van der Waals surface area contributed by atoms with Gasteiger partial charge < -0.3 is 25.4 Å². The molecular weight excluding hydrogens is 434 g/mol. The fraction of sp³-hybridized carbons (Fsp3) is 0.423. The van der Waals surface area contributed by atoms with E-state index in [2.05, 4.69) is 16.0 Å². The van der Waals surface area contributed by atoms with E-state index >= 15 is 0 Å². The maximum atomic E-state index is 12.5. The van der Waals surface area contributed by atoms with E-state index in [0.29, 0.717) is 19.5 Å². The molecule has 3 N–H and O–H groups in total. The van der Waals surface area contributed by atoms with Crippen molar-refractivity contribution in [3.05, 3.63) is 71.8 Å². The van der Waals surface area contributed by atoms with Crippen LogP contribution >= 0.6 is 0 Å². The zero-order valence-electron chi connectivity index (χ0n) is 20.3. The third-order valence-electron chi connectivity index (χ3n) is 4.81. The Morgan fingerprint density at radius 1 is 0.824 bits per heavy atom. The van der Waals surface area contributed by atoms with Crippen molar-refractivity contribution in [3.63, 3.8) is 0 Å². The minimum Gasteiger partial charge on any atom is -0.445 e. The third kappa shape index (κ3) is 10.8. The van der Waals surface area contributed by atoms with Crippen LogP contribution in [0, 0.1) is 5.92 Å². The molecule has 0 bridgehead atoms. The van der Waals surface area contributed by atoms with Gasteiger partial charge in [0.2, 0.25) is 5.91 Å². The Labute approximate surface area is 201 Å². The SMILES string of the molecule is C[C@@H](NC(=O)OC(C)(C)C)C(=O)NC[C@@H](CNC(=O)OCc1ccccc1)Cc1ccccc1. The molecule has 0 saturated carbocycles. The predicted molar refractivity (Wildman–Crippen MR) is 130 cm³/mol. The number of alkyl carbamates (subject to hydrolysis) is 2. The van der Waals surface area contributed by atoms with Gasteiger partial charge in [-0.1, -0.05) is 60.7 Å². The molecule has 0 fully saturated rings. The first-order chi connectivity index (χ1) is 16.1. The summed E-state index contributed by atoms with van der Waals surface area (Å²) in [4.78, 5) is 36.6. The lowest BCUT2D eigenvalue weighted by atomic mass is 9.99. The van der Waals surface area contributed by atoms with Gasteiger partial charge in [0.05, 0.1) is 0 Å². The quantitative estimate of drug-likeness (QED) is 0.491. The highest BCUT2D eigenvalue weighted by Gasteiger charge is 2.22. The second-order valence-electron chi connectivity index (χ2n) is 9.11. The van der Waals surface area contributed by atoms with Gasteiger partial charge in [-0.3, -0.25) is 4.79 Å². The van der Waals surface area contributed by atoms with Crippen LogP contribution in [0.4, 0.5) is 9.59 Å². The Morgan fingerprint density at radius 3 is 1.97 bits per heavy atom. The van der Waals surface area contributed by atoms with Crippen LogP contribution in [0.5, 0.6) is 0 Å². The number of amides is 3. The van der Waals surface area contributed by atoms with Gasteiger partial charge >= 0.3 is 12.2 Å². The molecule has 2 aromatic carbocycles.